The average molecular weight is 611 g/mol. The fourth-order valence-electron chi connectivity index (χ4n) is 5.37. The Kier molecular flexibility index (Phi) is 12.8. The average Bonchev–Trinajstić information content (AvgIpc) is 2.94. The van der Waals surface area contributed by atoms with Crippen molar-refractivity contribution < 1.29 is 53.7 Å². The Morgan fingerprint density at radius 2 is 1.90 bits per heavy atom. The van der Waals surface area contributed by atoms with E-state index in [-0.39, 0.29) is 19.6 Å². The molecule has 2 fully saturated rings. The molecular formula is C25H47FN6O10. The van der Waals surface area contributed by atoms with E-state index in [2.05, 4.69) is 16.0 Å². The van der Waals surface area contributed by atoms with Gasteiger partial charge in [0.2, 0.25) is 6.29 Å². The van der Waals surface area contributed by atoms with Gasteiger partial charge in [0.25, 0.3) is 5.91 Å². The summed E-state index contributed by atoms with van der Waals surface area (Å²) in [6, 6.07) is -3.50. The molecule has 13 atom stereocenters. The van der Waals surface area contributed by atoms with Crippen LogP contribution in [0.2, 0.25) is 0 Å². The second-order valence-electron chi connectivity index (χ2n) is 11.2. The van der Waals surface area contributed by atoms with Gasteiger partial charge in [0.1, 0.15) is 41.9 Å². The van der Waals surface area contributed by atoms with Gasteiger partial charge in [-0.3, -0.25) is 4.79 Å². The molecule has 1 saturated heterocycles. The molecule has 2 aliphatic heterocycles. The van der Waals surface area contributed by atoms with Crippen LogP contribution in [-0.4, -0.2) is 150 Å². The van der Waals surface area contributed by atoms with Gasteiger partial charge in [-0.05, 0) is 32.9 Å². The molecule has 17 heteroatoms. The van der Waals surface area contributed by atoms with Crippen molar-refractivity contribution in [2.45, 2.75) is 98.8 Å². The molecule has 1 amide bonds. The zero-order valence-corrected chi connectivity index (χ0v) is 23.8. The van der Waals surface area contributed by atoms with Crippen LogP contribution in [0, 0.1) is 0 Å². The number of carbonyl (C=O) groups excluding carboxylic acids is 1. The van der Waals surface area contributed by atoms with E-state index in [1.54, 1.807) is 6.08 Å². The van der Waals surface area contributed by atoms with Crippen LogP contribution in [0.1, 0.15) is 19.8 Å². The van der Waals surface area contributed by atoms with E-state index in [4.69, 9.17) is 41.3 Å². The third-order valence-electron chi connectivity index (χ3n) is 7.73. The first-order chi connectivity index (χ1) is 19.8. The summed E-state index contributed by atoms with van der Waals surface area (Å²) in [7, 11) is 1.54. The lowest BCUT2D eigenvalue weighted by Gasteiger charge is -2.49. The van der Waals surface area contributed by atoms with Crippen LogP contribution in [0.5, 0.6) is 0 Å². The molecule has 244 valence electrons. The van der Waals surface area contributed by atoms with E-state index in [1.165, 1.54) is 14.0 Å². The van der Waals surface area contributed by atoms with Gasteiger partial charge in [-0.1, -0.05) is 0 Å². The minimum absolute atomic E-state index is 0.0593. The van der Waals surface area contributed by atoms with Crippen LogP contribution in [0.25, 0.3) is 0 Å². The number of ether oxygens (including phenoxy) is 4. The summed E-state index contributed by atoms with van der Waals surface area (Å²) in [6.45, 7) is 1.23. The first-order valence-corrected chi connectivity index (χ1v) is 14.0. The molecule has 2 heterocycles. The quantitative estimate of drug-likeness (QED) is 0.0869. The van der Waals surface area contributed by atoms with Crippen molar-refractivity contribution in [3.05, 3.63) is 11.8 Å². The predicted octanol–water partition coefficient (Wildman–Crippen LogP) is -5.41. The van der Waals surface area contributed by atoms with Gasteiger partial charge < -0.3 is 77.6 Å². The first-order valence-electron chi connectivity index (χ1n) is 14.0. The van der Waals surface area contributed by atoms with Crippen LogP contribution in [0.3, 0.4) is 0 Å². The number of carbonyl (C=O) groups is 1. The maximum Gasteiger partial charge on any atom is 0.252 e. The number of hydrogen-bond acceptors (Lipinski definition) is 15. The highest BCUT2D eigenvalue weighted by Crippen LogP contribution is 2.32. The first kappa shape index (κ1) is 34.9. The van der Waals surface area contributed by atoms with E-state index in [0.717, 1.165) is 0 Å². The smallest absolute Gasteiger partial charge is 0.252 e. The Labute approximate surface area is 243 Å². The van der Waals surface area contributed by atoms with Gasteiger partial charge in [-0.25, -0.2) is 4.39 Å². The summed E-state index contributed by atoms with van der Waals surface area (Å²) in [6.07, 6.45) is -9.86. The zero-order chi connectivity index (χ0) is 31.2. The molecule has 0 radical (unpaired) electrons. The maximum atomic E-state index is 14.0. The number of alkyl halides is 1. The lowest BCUT2D eigenvalue weighted by Crippen LogP contribution is -2.69. The Morgan fingerprint density at radius 1 is 1.21 bits per heavy atom. The number of nitrogens with two attached hydrogens (primary N) is 3. The van der Waals surface area contributed by atoms with Crippen LogP contribution in [0.4, 0.5) is 4.39 Å². The summed E-state index contributed by atoms with van der Waals surface area (Å²) in [5.74, 6) is -0.584. The van der Waals surface area contributed by atoms with E-state index in [9.17, 15) is 29.6 Å². The van der Waals surface area contributed by atoms with E-state index in [0.29, 0.717) is 25.3 Å². The molecule has 0 aromatic rings. The van der Waals surface area contributed by atoms with E-state index >= 15 is 0 Å². The van der Waals surface area contributed by atoms with E-state index in [1.807, 2.05) is 0 Å². The summed E-state index contributed by atoms with van der Waals surface area (Å²) in [5.41, 5.74) is 16.4. The van der Waals surface area contributed by atoms with Gasteiger partial charge in [0.15, 0.2) is 12.4 Å². The lowest BCUT2D eigenvalue weighted by molar-refractivity contribution is -0.304. The highest BCUT2D eigenvalue weighted by atomic mass is 19.1. The highest BCUT2D eigenvalue weighted by molar-refractivity contribution is 5.81. The van der Waals surface area contributed by atoms with Crippen LogP contribution < -0.4 is 33.2 Å². The maximum absolute atomic E-state index is 14.0. The number of amides is 1. The predicted molar refractivity (Wildman–Crippen MR) is 145 cm³/mol. The number of rotatable bonds is 13. The molecule has 3 aliphatic rings. The van der Waals surface area contributed by atoms with Crippen molar-refractivity contribution in [2.75, 3.05) is 39.9 Å². The number of hydrogen-bond donors (Lipinski definition) is 11. The molecular weight excluding hydrogens is 563 g/mol. The van der Waals surface area contributed by atoms with Gasteiger partial charge in [0.05, 0.1) is 37.9 Å². The normalized spacial score (nSPS) is 40.5. The number of halogens is 1. The van der Waals surface area contributed by atoms with Gasteiger partial charge in [-0.2, -0.15) is 0 Å². The number of nitrogens with one attached hydrogen (secondary N) is 3. The number of likely N-dealkylation sites (N-methyl/N-ethyl adjacent to an activating group) is 1. The van der Waals surface area contributed by atoms with Crippen LogP contribution >= 0.6 is 0 Å². The van der Waals surface area contributed by atoms with Crippen molar-refractivity contribution in [1.29, 1.82) is 0 Å². The van der Waals surface area contributed by atoms with Gasteiger partial charge in [0, 0.05) is 19.1 Å². The summed E-state index contributed by atoms with van der Waals surface area (Å²) < 4.78 is 37.5. The summed E-state index contributed by atoms with van der Waals surface area (Å²) in [4.78, 5) is 12.6. The fourth-order valence-corrected chi connectivity index (χ4v) is 5.37. The van der Waals surface area contributed by atoms with Crippen LogP contribution in [0.15, 0.2) is 11.8 Å². The zero-order valence-electron chi connectivity index (χ0n) is 23.8. The molecule has 42 heavy (non-hydrogen) atoms. The Morgan fingerprint density at radius 3 is 2.55 bits per heavy atom. The Bertz CT molecular complexity index is 906. The molecule has 3 unspecified atom stereocenters. The number of aliphatic hydroxyl groups is 5. The molecule has 16 nitrogen and oxygen atoms in total. The minimum atomic E-state index is -2.09. The molecule has 3 rings (SSSR count). The molecule has 0 aromatic carbocycles. The lowest BCUT2D eigenvalue weighted by atomic mass is 9.83. The third-order valence-corrected chi connectivity index (χ3v) is 7.73. The molecule has 14 N–H and O–H groups in total. The standard InChI is InChI=1S/C25H47FN6O10/c1-25(38)10-39-24(18(36)21(25)30-2)42-20-15(32-22(37)16(34)12(26)8-27)7-14(29)19(17(20)35)41-23-13(28)4-3-11(40-23)9-31-5-6-33/h3,12-21,23-24,30-31,33-36,38H,4-10,27-29H2,1-2H3,(H,32,37)/t12?,13-,14+,15-,16?,17+,18-,19?,20+,21-,23-,24-,25+/m1/s1. The summed E-state index contributed by atoms with van der Waals surface area (Å²) >= 11 is 0. The van der Waals surface area contributed by atoms with E-state index < -0.39 is 91.5 Å². The van der Waals surface area contributed by atoms with Crippen molar-refractivity contribution in [3.63, 3.8) is 0 Å². The van der Waals surface area contributed by atoms with Crippen molar-refractivity contribution in [1.82, 2.24) is 16.0 Å². The van der Waals surface area contributed by atoms with Crippen LogP contribution in [-0.2, 0) is 23.7 Å². The third kappa shape index (κ3) is 8.32. The monoisotopic (exact) mass is 610 g/mol. The topological polar surface area (TPSA) is 269 Å². The van der Waals surface area contributed by atoms with Crippen molar-refractivity contribution >= 4 is 5.91 Å². The van der Waals surface area contributed by atoms with Crippen molar-refractivity contribution in [3.8, 4) is 0 Å². The second-order valence-corrected chi connectivity index (χ2v) is 11.2. The van der Waals surface area contributed by atoms with Gasteiger partial charge in [-0.15, -0.1) is 0 Å². The molecule has 0 aromatic heterocycles. The fraction of sp³-hybridized carbons (Fsp3) is 0.880. The Balaban J connectivity index is 1.80. The minimum Gasteiger partial charge on any atom is -0.467 e. The molecule has 1 saturated carbocycles. The van der Waals surface area contributed by atoms with Gasteiger partial charge >= 0.3 is 0 Å². The van der Waals surface area contributed by atoms with Crippen molar-refractivity contribution in [2.24, 2.45) is 17.2 Å². The summed E-state index contributed by atoms with van der Waals surface area (Å²) in [5, 5.41) is 60.3. The number of aliphatic hydroxyl groups excluding tert-OH is 4. The second kappa shape index (κ2) is 15.4. The molecule has 0 spiro atoms. The SMILES string of the molecule is CN[C@@H]1[C@@H](O)[C@@H](O[C@H]2[C@H](NC(=O)C(O)C(F)CN)C[C@H](N)C(O[C@H]3OC(CNCCO)=CC[C@H]3N)[C@@H]2O)OC[C@]1(C)O. The molecule has 1 aliphatic carbocycles. The Hall–Kier alpha value is -1.58. The largest absolute Gasteiger partial charge is 0.467 e. The molecule has 0 bridgehead atoms. The highest BCUT2D eigenvalue weighted by Gasteiger charge is 2.52.